The molecule has 5 nitrogen and oxygen atoms in total. The van der Waals surface area contributed by atoms with Crippen LogP contribution in [0.2, 0.25) is 0 Å². The molecule has 2 aromatic heterocycles. The van der Waals surface area contributed by atoms with E-state index < -0.39 is 5.63 Å². The highest BCUT2D eigenvalue weighted by Gasteiger charge is 2.18. The average Bonchev–Trinajstić information content (AvgIpc) is 3.02. The number of aromatic nitrogens is 1. The predicted octanol–water partition coefficient (Wildman–Crippen LogP) is 3.83. The molecule has 0 aliphatic heterocycles. The molecule has 2 heterocycles. The van der Waals surface area contributed by atoms with Crippen molar-refractivity contribution in [2.75, 3.05) is 7.11 Å². The van der Waals surface area contributed by atoms with Gasteiger partial charge in [0.1, 0.15) is 23.0 Å². The molecule has 4 aromatic rings. The minimum Gasteiger partial charge on any atom is -0.497 e. The molecule has 0 saturated heterocycles. The molecule has 5 heteroatoms. The summed E-state index contributed by atoms with van der Waals surface area (Å²) in [6, 6.07) is 15.1. The third-order valence-corrected chi connectivity index (χ3v) is 4.41. The number of nitriles is 1. The van der Waals surface area contributed by atoms with Crippen LogP contribution < -0.4 is 10.4 Å². The third kappa shape index (κ3) is 2.19. The first-order valence-electron chi connectivity index (χ1n) is 7.73. The third-order valence-electron chi connectivity index (χ3n) is 4.41. The van der Waals surface area contributed by atoms with E-state index in [1.807, 2.05) is 66.3 Å². The molecule has 2 aromatic carbocycles. The second kappa shape index (κ2) is 5.53. The summed E-state index contributed by atoms with van der Waals surface area (Å²) in [5.74, 6) is 0.656. The van der Waals surface area contributed by atoms with Crippen molar-refractivity contribution in [2.24, 2.45) is 7.05 Å². The fourth-order valence-corrected chi connectivity index (χ4v) is 3.19. The minimum atomic E-state index is -0.635. The summed E-state index contributed by atoms with van der Waals surface area (Å²) < 4.78 is 12.7. The quantitative estimate of drug-likeness (QED) is 0.524. The normalized spacial score (nSPS) is 10.9. The molecule has 0 aliphatic carbocycles. The Morgan fingerprint density at radius 1 is 1.16 bits per heavy atom. The summed E-state index contributed by atoms with van der Waals surface area (Å²) in [7, 11) is 3.51. The van der Waals surface area contributed by atoms with E-state index in [1.54, 1.807) is 7.11 Å². The SMILES string of the molecule is COc1cccc(-c2c(C#N)c(=O)oc3c2ccc2c3ccn2C)c1. The van der Waals surface area contributed by atoms with Gasteiger partial charge in [0.15, 0.2) is 0 Å². The lowest BCUT2D eigenvalue weighted by molar-refractivity contribution is 0.415. The Morgan fingerprint density at radius 3 is 2.76 bits per heavy atom. The van der Waals surface area contributed by atoms with E-state index in [9.17, 15) is 10.1 Å². The van der Waals surface area contributed by atoms with Gasteiger partial charge in [0.25, 0.3) is 0 Å². The maximum absolute atomic E-state index is 12.4. The van der Waals surface area contributed by atoms with Crippen LogP contribution in [0.5, 0.6) is 5.75 Å². The highest BCUT2D eigenvalue weighted by Crippen LogP contribution is 2.35. The van der Waals surface area contributed by atoms with Crippen LogP contribution >= 0.6 is 0 Å². The molecule has 0 saturated carbocycles. The van der Waals surface area contributed by atoms with Crippen molar-refractivity contribution in [1.29, 1.82) is 5.26 Å². The number of hydrogen-bond donors (Lipinski definition) is 0. The van der Waals surface area contributed by atoms with E-state index in [0.29, 0.717) is 16.9 Å². The number of fused-ring (bicyclic) bond motifs is 3. The Labute approximate surface area is 143 Å². The Hall–Kier alpha value is -3.52. The maximum Gasteiger partial charge on any atom is 0.354 e. The van der Waals surface area contributed by atoms with E-state index in [-0.39, 0.29) is 5.56 Å². The molecule has 0 radical (unpaired) electrons. The van der Waals surface area contributed by atoms with Crippen molar-refractivity contribution in [2.45, 2.75) is 0 Å². The first-order valence-corrected chi connectivity index (χ1v) is 7.73. The summed E-state index contributed by atoms with van der Waals surface area (Å²) in [6.07, 6.45) is 1.91. The summed E-state index contributed by atoms with van der Waals surface area (Å²) in [5, 5.41) is 11.1. The molecule has 25 heavy (non-hydrogen) atoms. The summed E-state index contributed by atoms with van der Waals surface area (Å²) in [4.78, 5) is 12.4. The number of hydrogen-bond acceptors (Lipinski definition) is 4. The zero-order valence-corrected chi connectivity index (χ0v) is 13.7. The first kappa shape index (κ1) is 15.0. The molecule has 0 fully saturated rings. The van der Waals surface area contributed by atoms with Crippen LogP contribution in [0.3, 0.4) is 0 Å². The second-order valence-corrected chi connectivity index (χ2v) is 5.78. The molecule has 0 bridgehead atoms. The van der Waals surface area contributed by atoms with E-state index in [4.69, 9.17) is 9.15 Å². The molecule has 0 atom stereocenters. The van der Waals surface area contributed by atoms with Gasteiger partial charge >= 0.3 is 5.63 Å². The number of benzene rings is 2. The fourth-order valence-electron chi connectivity index (χ4n) is 3.19. The van der Waals surface area contributed by atoms with Crippen LogP contribution in [0.4, 0.5) is 0 Å². The van der Waals surface area contributed by atoms with Crippen molar-refractivity contribution >= 4 is 21.9 Å². The number of nitrogens with zero attached hydrogens (tertiary/aromatic N) is 2. The van der Waals surface area contributed by atoms with Gasteiger partial charge in [0.2, 0.25) is 0 Å². The van der Waals surface area contributed by atoms with Gasteiger partial charge < -0.3 is 13.7 Å². The largest absolute Gasteiger partial charge is 0.497 e. The van der Waals surface area contributed by atoms with Gasteiger partial charge in [-0.3, -0.25) is 0 Å². The average molecular weight is 330 g/mol. The number of ether oxygens (including phenoxy) is 1. The Balaban J connectivity index is 2.19. The second-order valence-electron chi connectivity index (χ2n) is 5.78. The Morgan fingerprint density at radius 2 is 2.00 bits per heavy atom. The molecule has 0 unspecified atom stereocenters. The molecule has 0 spiro atoms. The summed E-state index contributed by atoms with van der Waals surface area (Å²) in [5.41, 5.74) is 2.11. The van der Waals surface area contributed by atoms with Crippen LogP contribution in [0, 0.1) is 11.3 Å². The molecule has 122 valence electrons. The highest BCUT2D eigenvalue weighted by molar-refractivity contribution is 6.09. The van der Waals surface area contributed by atoms with Crippen molar-refractivity contribution in [3.05, 3.63) is 64.6 Å². The standard InChI is InChI=1S/C20H14N2O3/c1-22-9-8-14-17(22)7-6-15-18(12-4-3-5-13(10-12)24-2)16(11-21)20(23)25-19(14)15/h3-10H,1-2H3. The van der Waals surface area contributed by atoms with Gasteiger partial charge in [-0.1, -0.05) is 12.1 Å². The van der Waals surface area contributed by atoms with Crippen molar-refractivity contribution in [3.8, 4) is 22.9 Å². The van der Waals surface area contributed by atoms with Gasteiger partial charge in [-0.25, -0.2) is 4.79 Å². The lowest BCUT2D eigenvalue weighted by Gasteiger charge is -2.10. The maximum atomic E-state index is 12.4. The summed E-state index contributed by atoms with van der Waals surface area (Å²) in [6.45, 7) is 0. The molecule has 0 aliphatic rings. The lowest BCUT2D eigenvalue weighted by Crippen LogP contribution is -2.07. The van der Waals surface area contributed by atoms with Crippen molar-refractivity contribution in [1.82, 2.24) is 4.57 Å². The van der Waals surface area contributed by atoms with Crippen molar-refractivity contribution < 1.29 is 9.15 Å². The van der Waals surface area contributed by atoms with Crippen LogP contribution in [0.1, 0.15) is 5.56 Å². The Kier molecular flexibility index (Phi) is 3.33. The number of methoxy groups -OCH3 is 1. The number of aryl methyl sites for hydroxylation is 1. The van der Waals surface area contributed by atoms with Gasteiger partial charge in [-0.2, -0.15) is 5.26 Å². The predicted molar refractivity (Wildman–Crippen MR) is 95.7 cm³/mol. The number of rotatable bonds is 2. The minimum absolute atomic E-state index is 0.00367. The highest BCUT2D eigenvalue weighted by atomic mass is 16.5. The molecular formula is C20H14N2O3. The molecule has 0 N–H and O–H groups in total. The van der Waals surface area contributed by atoms with Gasteiger partial charge in [0, 0.05) is 29.6 Å². The van der Waals surface area contributed by atoms with Gasteiger partial charge in [-0.05, 0) is 35.9 Å². The topological polar surface area (TPSA) is 68.2 Å². The summed E-state index contributed by atoms with van der Waals surface area (Å²) >= 11 is 0. The Bertz CT molecular complexity index is 1230. The molecule has 4 rings (SSSR count). The van der Waals surface area contributed by atoms with E-state index in [2.05, 4.69) is 0 Å². The van der Waals surface area contributed by atoms with E-state index in [0.717, 1.165) is 21.9 Å². The van der Waals surface area contributed by atoms with Crippen LogP contribution in [0.15, 0.2) is 57.9 Å². The molecule has 0 amide bonds. The van der Waals surface area contributed by atoms with Crippen molar-refractivity contribution in [3.63, 3.8) is 0 Å². The monoisotopic (exact) mass is 330 g/mol. The zero-order valence-electron chi connectivity index (χ0n) is 13.7. The van der Waals surface area contributed by atoms with Gasteiger partial charge in [0.05, 0.1) is 12.6 Å². The van der Waals surface area contributed by atoms with Crippen LogP contribution in [-0.2, 0) is 7.05 Å². The van der Waals surface area contributed by atoms with E-state index in [1.165, 1.54) is 0 Å². The molecular weight excluding hydrogens is 316 g/mol. The van der Waals surface area contributed by atoms with Crippen LogP contribution in [-0.4, -0.2) is 11.7 Å². The van der Waals surface area contributed by atoms with Gasteiger partial charge in [-0.15, -0.1) is 0 Å². The first-order chi connectivity index (χ1) is 12.1. The lowest BCUT2D eigenvalue weighted by atomic mass is 9.96. The smallest absolute Gasteiger partial charge is 0.354 e. The zero-order chi connectivity index (χ0) is 17.6. The van der Waals surface area contributed by atoms with Crippen LogP contribution in [0.25, 0.3) is 33.0 Å². The van der Waals surface area contributed by atoms with E-state index >= 15 is 0 Å². The fraction of sp³-hybridized carbons (Fsp3) is 0.100.